The molecule has 0 aromatic heterocycles. The molecule has 0 aromatic carbocycles. The topological polar surface area (TPSA) is 50.7 Å². The van der Waals surface area contributed by atoms with Gasteiger partial charge in [-0.25, -0.2) is 0 Å². The minimum absolute atomic E-state index is 0.294. The molecule has 0 rings (SSSR count). The molecule has 3 nitrogen and oxygen atoms in total. The van der Waals surface area contributed by atoms with Crippen molar-refractivity contribution in [2.24, 2.45) is 27.8 Å². The first-order valence-electron chi connectivity index (χ1n) is 5.68. The number of hydrogen-bond donors (Lipinski definition) is 1. The zero-order valence-corrected chi connectivity index (χ0v) is 10.8. The molecule has 0 aliphatic heterocycles. The van der Waals surface area contributed by atoms with Crippen LogP contribution in [0.4, 0.5) is 0 Å². The zero-order valence-electron chi connectivity index (χ0n) is 10.8. The highest BCUT2D eigenvalue weighted by Crippen LogP contribution is 2.03. The van der Waals surface area contributed by atoms with Crippen LogP contribution in [0, 0.1) is 11.8 Å². The Hall–Kier alpha value is -1.38. The second-order valence-corrected chi connectivity index (χ2v) is 4.11. The predicted octanol–water partition coefficient (Wildman–Crippen LogP) is 3.14. The molecule has 3 heteroatoms. The average Bonchev–Trinajstić information content (AvgIpc) is 2.24. The molecule has 90 valence electrons. The average molecular weight is 221 g/mol. The standard InChI is InChI=1S/C13H23N3/c1-6-12(7-2)9-15-16-11(5)8-13(14)10(3)4/h6,8-10,12H,1,7,14H2,2-5H3/b13-8-,15-9-,16-11+. The van der Waals surface area contributed by atoms with Gasteiger partial charge < -0.3 is 5.73 Å². The van der Waals surface area contributed by atoms with Gasteiger partial charge in [-0.2, -0.15) is 10.2 Å². The highest BCUT2D eigenvalue weighted by molar-refractivity contribution is 5.93. The molecule has 0 radical (unpaired) electrons. The quantitative estimate of drug-likeness (QED) is 0.418. The fourth-order valence-electron chi connectivity index (χ4n) is 0.980. The van der Waals surface area contributed by atoms with Gasteiger partial charge in [0, 0.05) is 17.8 Å². The fourth-order valence-corrected chi connectivity index (χ4v) is 0.980. The molecule has 0 aromatic rings. The molecule has 1 unspecified atom stereocenters. The van der Waals surface area contributed by atoms with E-state index in [1.54, 1.807) is 6.21 Å². The molecule has 0 heterocycles. The van der Waals surface area contributed by atoms with Gasteiger partial charge in [0.05, 0.1) is 5.71 Å². The number of allylic oxidation sites excluding steroid dienone is 3. The maximum absolute atomic E-state index is 5.81. The Balaban J connectivity index is 4.45. The summed E-state index contributed by atoms with van der Waals surface area (Å²) in [6.45, 7) is 11.8. The molecule has 0 aliphatic carbocycles. The van der Waals surface area contributed by atoms with E-state index in [9.17, 15) is 0 Å². The van der Waals surface area contributed by atoms with E-state index in [1.807, 2.05) is 32.9 Å². The normalized spacial score (nSPS) is 15.8. The summed E-state index contributed by atoms with van der Waals surface area (Å²) < 4.78 is 0. The van der Waals surface area contributed by atoms with Gasteiger partial charge in [-0.15, -0.1) is 6.58 Å². The molecule has 0 saturated heterocycles. The van der Waals surface area contributed by atoms with Crippen LogP contribution in [-0.2, 0) is 0 Å². The largest absolute Gasteiger partial charge is 0.402 e. The summed E-state index contributed by atoms with van der Waals surface area (Å²) in [7, 11) is 0. The summed E-state index contributed by atoms with van der Waals surface area (Å²) in [5.41, 5.74) is 7.46. The second-order valence-electron chi connectivity index (χ2n) is 4.11. The summed E-state index contributed by atoms with van der Waals surface area (Å²) in [5, 5.41) is 8.08. The van der Waals surface area contributed by atoms with Crippen LogP contribution < -0.4 is 5.73 Å². The maximum Gasteiger partial charge on any atom is 0.0616 e. The number of rotatable bonds is 6. The van der Waals surface area contributed by atoms with Crippen molar-refractivity contribution < 1.29 is 0 Å². The van der Waals surface area contributed by atoms with Gasteiger partial charge in [0.15, 0.2) is 0 Å². The Labute approximate surface area is 98.8 Å². The van der Waals surface area contributed by atoms with Crippen LogP contribution in [0.1, 0.15) is 34.1 Å². The smallest absolute Gasteiger partial charge is 0.0616 e. The Morgan fingerprint density at radius 2 is 2.06 bits per heavy atom. The van der Waals surface area contributed by atoms with Gasteiger partial charge in [0.1, 0.15) is 0 Å². The highest BCUT2D eigenvalue weighted by atomic mass is 15.2. The van der Waals surface area contributed by atoms with E-state index >= 15 is 0 Å². The lowest BCUT2D eigenvalue weighted by molar-refractivity contribution is 0.758. The molecule has 0 bridgehead atoms. The summed E-state index contributed by atoms with van der Waals surface area (Å²) in [6, 6.07) is 0. The minimum Gasteiger partial charge on any atom is -0.402 e. The molecule has 0 aliphatic rings. The third-order valence-electron chi connectivity index (χ3n) is 2.29. The van der Waals surface area contributed by atoms with Crippen LogP contribution in [0.3, 0.4) is 0 Å². The molecule has 0 saturated carbocycles. The monoisotopic (exact) mass is 221 g/mol. The van der Waals surface area contributed by atoms with Crippen molar-refractivity contribution in [3.63, 3.8) is 0 Å². The van der Waals surface area contributed by atoms with Crippen molar-refractivity contribution >= 4 is 11.9 Å². The summed E-state index contributed by atoms with van der Waals surface area (Å²) in [4.78, 5) is 0. The molecule has 0 spiro atoms. The summed E-state index contributed by atoms with van der Waals surface area (Å²) in [6.07, 6.45) is 6.52. The van der Waals surface area contributed by atoms with Crippen LogP contribution in [0.5, 0.6) is 0 Å². The molecule has 1 atom stereocenters. The first kappa shape index (κ1) is 14.6. The third-order valence-corrected chi connectivity index (χ3v) is 2.29. The first-order valence-corrected chi connectivity index (χ1v) is 5.68. The van der Waals surface area contributed by atoms with E-state index in [2.05, 4.69) is 23.7 Å². The second kappa shape index (κ2) is 7.85. The number of nitrogens with two attached hydrogens (primary N) is 1. The highest BCUT2D eigenvalue weighted by Gasteiger charge is 1.97. The van der Waals surface area contributed by atoms with E-state index < -0.39 is 0 Å². The van der Waals surface area contributed by atoms with Crippen molar-refractivity contribution in [3.05, 3.63) is 24.4 Å². The van der Waals surface area contributed by atoms with Crippen molar-refractivity contribution in [3.8, 4) is 0 Å². The van der Waals surface area contributed by atoms with E-state index in [1.165, 1.54) is 0 Å². The Morgan fingerprint density at radius 1 is 1.44 bits per heavy atom. The first-order chi connectivity index (χ1) is 7.51. The molecule has 16 heavy (non-hydrogen) atoms. The number of hydrogen-bond acceptors (Lipinski definition) is 3. The minimum atomic E-state index is 0.294. The number of nitrogens with zero attached hydrogens (tertiary/aromatic N) is 2. The third kappa shape index (κ3) is 6.17. The van der Waals surface area contributed by atoms with Gasteiger partial charge in [0.25, 0.3) is 0 Å². The fraction of sp³-hybridized carbons (Fsp3) is 0.538. The van der Waals surface area contributed by atoms with E-state index in [4.69, 9.17) is 5.73 Å². The van der Waals surface area contributed by atoms with Crippen molar-refractivity contribution in [1.29, 1.82) is 0 Å². The van der Waals surface area contributed by atoms with Crippen LogP contribution >= 0.6 is 0 Å². The van der Waals surface area contributed by atoms with Crippen LogP contribution in [-0.4, -0.2) is 11.9 Å². The van der Waals surface area contributed by atoms with Crippen LogP contribution in [0.2, 0.25) is 0 Å². The molecular formula is C13H23N3. The molecule has 2 N–H and O–H groups in total. The van der Waals surface area contributed by atoms with Crippen molar-refractivity contribution in [2.75, 3.05) is 0 Å². The SMILES string of the molecule is C=CC(\C=N/N=C(C)/C=C(\N)C(C)C)CC. The van der Waals surface area contributed by atoms with Crippen molar-refractivity contribution in [2.45, 2.75) is 34.1 Å². The van der Waals surface area contributed by atoms with Crippen LogP contribution in [0.15, 0.2) is 34.6 Å². The van der Waals surface area contributed by atoms with Gasteiger partial charge in [-0.1, -0.05) is 26.8 Å². The maximum atomic E-state index is 5.81. The van der Waals surface area contributed by atoms with Gasteiger partial charge in [-0.05, 0) is 25.3 Å². The predicted molar refractivity (Wildman–Crippen MR) is 72.7 cm³/mol. The molecular weight excluding hydrogens is 198 g/mol. The van der Waals surface area contributed by atoms with Gasteiger partial charge >= 0.3 is 0 Å². The van der Waals surface area contributed by atoms with E-state index in [0.29, 0.717) is 11.8 Å². The van der Waals surface area contributed by atoms with E-state index in [0.717, 1.165) is 17.8 Å². The lowest BCUT2D eigenvalue weighted by Gasteiger charge is -2.03. The Bertz CT molecular complexity index is 298. The Morgan fingerprint density at radius 3 is 2.50 bits per heavy atom. The molecule has 0 fully saturated rings. The van der Waals surface area contributed by atoms with Gasteiger partial charge in [0.2, 0.25) is 0 Å². The molecule has 0 amide bonds. The Kier molecular flexibility index (Phi) is 7.18. The van der Waals surface area contributed by atoms with Gasteiger partial charge in [-0.3, -0.25) is 0 Å². The van der Waals surface area contributed by atoms with E-state index in [-0.39, 0.29) is 0 Å². The van der Waals surface area contributed by atoms with Crippen LogP contribution in [0.25, 0.3) is 0 Å². The van der Waals surface area contributed by atoms with Crippen molar-refractivity contribution in [1.82, 2.24) is 0 Å². The zero-order chi connectivity index (χ0) is 12.6. The summed E-state index contributed by atoms with van der Waals surface area (Å²) >= 11 is 0. The lowest BCUT2D eigenvalue weighted by Crippen LogP contribution is -2.06. The summed E-state index contributed by atoms with van der Waals surface area (Å²) in [5.74, 6) is 0.633. The lowest BCUT2D eigenvalue weighted by atomic mass is 10.1.